The van der Waals surface area contributed by atoms with E-state index in [0.717, 1.165) is 25.1 Å². The zero-order valence-corrected chi connectivity index (χ0v) is 14.7. The molecule has 10 saturated heterocycles. The Kier molecular flexibility index (Phi) is 0.378. The molecule has 1 aromatic carbocycles. The van der Waals surface area contributed by atoms with Crippen LogP contribution >= 0.6 is 15.9 Å². The molecule has 0 aliphatic carbocycles. The summed E-state index contributed by atoms with van der Waals surface area (Å²) in [6.07, 6.45) is 0. The summed E-state index contributed by atoms with van der Waals surface area (Å²) in [7, 11) is 0. The summed E-state index contributed by atoms with van der Waals surface area (Å²) >= 11 is 3.73. The Morgan fingerprint density at radius 3 is 2.09 bits per heavy atom. The fourth-order valence-electron chi connectivity index (χ4n) is 18.2. The summed E-state index contributed by atoms with van der Waals surface area (Å²) < 4.78 is 7.90. The molecule has 0 radical (unpaired) electrons. The molecule has 10 aliphatic heterocycles. The molecule has 12 rings (SSSR count). The number of fused-ring (bicyclic) bond motifs is 11. The summed E-state index contributed by atoms with van der Waals surface area (Å²) in [5, 5.41) is 0.745. The van der Waals surface area contributed by atoms with E-state index in [1.807, 2.05) is 24.3 Å². The Bertz CT molecular complexity index is 1510. The van der Waals surface area contributed by atoms with Crippen LogP contribution in [0, 0.1) is 0 Å². The van der Waals surface area contributed by atoms with Crippen LogP contribution in [0.5, 0.6) is 0 Å². The van der Waals surface area contributed by atoms with Crippen molar-refractivity contribution in [3.05, 3.63) is 44.7 Å². The van der Waals surface area contributed by atoms with Crippen molar-refractivity contribution in [2.75, 3.05) is 0 Å². The van der Waals surface area contributed by atoms with E-state index in [9.17, 15) is 4.79 Å². The topological polar surface area (TPSA) is 30.2 Å². The molecular formula is C19H13BrFeO2. The molecule has 0 N–H and O–H groups in total. The molecule has 11 heterocycles. The van der Waals surface area contributed by atoms with Gasteiger partial charge in [-0.3, -0.25) is 0 Å². The molecule has 0 bridgehead atoms. The number of rotatable bonds is 1. The van der Waals surface area contributed by atoms with Crippen molar-refractivity contribution in [3.8, 4) is 0 Å². The van der Waals surface area contributed by atoms with Gasteiger partial charge >= 0.3 is 130 Å². The minimum absolute atomic E-state index is 0.179. The van der Waals surface area contributed by atoms with Gasteiger partial charge in [0.05, 0.1) is 0 Å². The van der Waals surface area contributed by atoms with Crippen molar-refractivity contribution < 1.29 is 10.9 Å². The van der Waals surface area contributed by atoms with Gasteiger partial charge in [-0.2, -0.15) is 0 Å². The third kappa shape index (κ3) is 0.134. The van der Waals surface area contributed by atoms with Gasteiger partial charge in [0, 0.05) is 0 Å². The second kappa shape index (κ2) is 0.942. The average Bonchev–Trinajstić information content (AvgIpc) is 3.51. The zero-order valence-electron chi connectivity index (χ0n) is 12.1. The van der Waals surface area contributed by atoms with E-state index in [2.05, 4.69) is 15.9 Å². The van der Waals surface area contributed by atoms with E-state index in [-0.39, 0.29) is 5.43 Å². The van der Waals surface area contributed by atoms with Crippen molar-refractivity contribution in [1.29, 1.82) is 0 Å². The molecule has 2 nitrogen and oxygen atoms in total. The van der Waals surface area contributed by atoms with E-state index >= 15 is 0 Å². The number of benzene rings is 1. The molecule has 0 amide bonds. The Morgan fingerprint density at radius 2 is 1.57 bits per heavy atom. The fraction of sp³-hybridized carbons (Fsp3) is 0.526. The van der Waals surface area contributed by atoms with E-state index in [4.69, 9.17) is 4.42 Å². The Labute approximate surface area is 130 Å². The molecule has 4 heteroatoms. The Morgan fingerprint density at radius 1 is 0.957 bits per heavy atom. The van der Waals surface area contributed by atoms with Crippen LogP contribution in [0.4, 0.5) is 0 Å². The molecule has 23 heavy (non-hydrogen) atoms. The van der Waals surface area contributed by atoms with E-state index in [0.29, 0.717) is 4.31 Å². The standard InChI is InChI=1S/C14H8BrO2.C5H5.Fe/c15-12-13(16)10-7-3-4-8-11(10)17-14(12)9-5-1-2-6-9;1-2-4-5-3-1;/h1-8H;1-5H;. The van der Waals surface area contributed by atoms with E-state index < -0.39 is 6.51 Å². The van der Waals surface area contributed by atoms with Crippen molar-refractivity contribution in [1.82, 2.24) is 0 Å². The Hall–Kier alpha value is -0.571. The first-order valence-electron chi connectivity index (χ1n) is 8.89. The summed E-state index contributed by atoms with van der Waals surface area (Å²) in [5.41, 5.74) is 1.00. The van der Waals surface area contributed by atoms with Gasteiger partial charge in [-0.1, -0.05) is 0 Å². The van der Waals surface area contributed by atoms with Gasteiger partial charge in [-0.25, -0.2) is 0 Å². The number of hydrogen-bond acceptors (Lipinski definition) is 2. The second-order valence-electron chi connectivity index (χ2n) is 12.2. The zero-order chi connectivity index (χ0) is 14.4. The van der Waals surface area contributed by atoms with Gasteiger partial charge < -0.3 is 0 Å². The van der Waals surface area contributed by atoms with Crippen LogP contribution in [0.15, 0.2) is 37.9 Å². The Balaban J connectivity index is 1.41. The molecule has 0 saturated carbocycles. The first-order valence-corrected chi connectivity index (χ1v) is 16.0. The molecule has 1 spiro atoms. The quantitative estimate of drug-likeness (QED) is 0.595. The summed E-state index contributed by atoms with van der Waals surface area (Å²) in [6, 6.07) is 7.85. The second-order valence-corrected chi connectivity index (χ2v) is 36.6. The molecular weight excluding hydrogens is 396 g/mol. The summed E-state index contributed by atoms with van der Waals surface area (Å²) in [6.45, 7) is -3.27. The maximum absolute atomic E-state index is 13.0. The molecule has 10 fully saturated rings. The van der Waals surface area contributed by atoms with Crippen LogP contribution in [0.2, 0.25) is 43.3 Å². The van der Waals surface area contributed by atoms with Gasteiger partial charge in [0.15, 0.2) is 0 Å². The summed E-state index contributed by atoms with van der Waals surface area (Å²) in [4.78, 5) is 24.0. The van der Waals surface area contributed by atoms with Crippen molar-refractivity contribution in [2.24, 2.45) is 0 Å². The van der Waals surface area contributed by atoms with Crippen molar-refractivity contribution in [3.63, 3.8) is 0 Å². The number of para-hydroxylation sites is 1. The third-order valence-electron chi connectivity index (χ3n) is 16.8. The van der Waals surface area contributed by atoms with Crippen LogP contribution in [0.1, 0.15) is 5.76 Å². The van der Waals surface area contributed by atoms with E-state index in [1.54, 1.807) is 0 Å². The van der Waals surface area contributed by atoms with Crippen LogP contribution < -0.4 is 5.43 Å². The van der Waals surface area contributed by atoms with Crippen LogP contribution in [0.3, 0.4) is 0 Å². The van der Waals surface area contributed by atoms with Gasteiger partial charge in [0.1, 0.15) is 0 Å². The predicted molar refractivity (Wildman–Crippen MR) is 85.6 cm³/mol. The first kappa shape index (κ1) is 9.22. The molecule has 2 aromatic rings. The van der Waals surface area contributed by atoms with Gasteiger partial charge in [-0.05, 0) is 0 Å². The first-order chi connectivity index (χ1) is 11.0. The predicted octanol–water partition coefficient (Wildman–Crippen LogP) is 5.35. The van der Waals surface area contributed by atoms with Gasteiger partial charge in [0.25, 0.3) is 0 Å². The fourth-order valence-corrected chi connectivity index (χ4v) is 92.8. The van der Waals surface area contributed by atoms with E-state index in [1.165, 1.54) is 39.5 Å². The van der Waals surface area contributed by atoms with Crippen LogP contribution in [0.25, 0.3) is 11.0 Å². The molecule has 10 aliphatic rings. The number of hydrogen-bond donors (Lipinski definition) is 0. The van der Waals surface area contributed by atoms with Crippen molar-refractivity contribution in [2.45, 2.75) is 47.7 Å². The molecule has 4 atom stereocenters. The molecule has 116 valence electrons. The van der Waals surface area contributed by atoms with Gasteiger partial charge in [-0.15, -0.1) is 0 Å². The minimum atomic E-state index is -3.27. The third-order valence-corrected chi connectivity index (χ3v) is 59.8. The van der Waals surface area contributed by atoms with Gasteiger partial charge in [0.2, 0.25) is 0 Å². The molecule has 4 unspecified atom stereocenters. The average molecular weight is 409 g/mol. The van der Waals surface area contributed by atoms with Crippen molar-refractivity contribution >= 4 is 26.9 Å². The normalized spacial score (nSPS) is 91.3. The molecule has 1 aromatic heterocycles. The maximum atomic E-state index is 13.0. The summed E-state index contributed by atoms with van der Waals surface area (Å²) in [5.74, 6) is 1.17. The number of halogens is 1. The van der Waals surface area contributed by atoms with Crippen LogP contribution in [-0.2, 0) is 10.8 Å². The SMILES string of the molecule is O=c1c(Br)c([C]23[CH]4[CH]5[CH]6[CH]2[Fe]56432789[CH]3[CH]2[CH]7[CH]8[CH]39)oc2ccccc12. The van der Waals surface area contributed by atoms with Crippen LogP contribution in [-0.4, -0.2) is 0 Å². The monoisotopic (exact) mass is 408 g/mol.